The van der Waals surface area contributed by atoms with Gasteiger partial charge in [0, 0.05) is 23.2 Å². The maximum absolute atomic E-state index is 12.6. The number of amidine groups is 1. The molecule has 4 rings (SSSR count). The van der Waals surface area contributed by atoms with Crippen molar-refractivity contribution in [2.45, 2.75) is 31.5 Å². The number of anilines is 1. The normalized spacial score (nSPS) is 27.4. The molecule has 3 atom stereocenters. The molecule has 1 amide bonds. The summed E-state index contributed by atoms with van der Waals surface area (Å²) in [6, 6.07) is 0. The van der Waals surface area contributed by atoms with Crippen molar-refractivity contribution in [3.63, 3.8) is 0 Å². The zero-order chi connectivity index (χ0) is 19.9. The second-order valence-corrected chi connectivity index (χ2v) is 8.62. The van der Waals surface area contributed by atoms with E-state index in [-0.39, 0.29) is 17.6 Å². The Morgan fingerprint density at radius 3 is 3.11 bits per heavy atom. The molecule has 2 aromatic rings. The van der Waals surface area contributed by atoms with Crippen LogP contribution in [0.3, 0.4) is 0 Å². The second kappa shape index (κ2) is 7.41. The summed E-state index contributed by atoms with van der Waals surface area (Å²) in [5.74, 6) is 0.825. The lowest BCUT2D eigenvalue weighted by Crippen LogP contribution is -2.49. The first kappa shape index (κ1) is 19.3. The SMILES string of the molecule is CC1CC2CSC(N)=NC2(c2nc(NC(=O)c3cnn(C(F)F)c3)cs2)CO1. The van der Waals surface area contributed by atoms with Gasteiger partial charge in [0.25, 0.3) is 5.91 Å². The first-order valence-electron chi connectivity index (χ1n) is 8.57. The van der Waals surface area contributed by atoms with Crippen molar-refractivity contribution in [3.05, 3.63) is 28.3 Å². The number of hydrogen-bond acceptors (Lipinski definition) is 8. The van der Waals surface area contributed by atoms with Crippen LogP contribution >= 0.6 is 23.1 Å². The molecule has 3 unspecified atom stereocenters. The molecule has 0 aromatic carbocycles. The Morgan fingerprint density at radius 2 is 2.36 bits per heavy atom. The number of nitrogens with one attached hydrogen (secondary N) is 1. The van der Waals surface area contributed by atoms with Crippen molar-refractivity contribution in [1.29, 1.82) is 0 Å². The molecule has 0 bridgehead atoms. The van der Waals surface area contributed by atoms with E-state index in [0.29, 0.717) is 27.3 Å². The highest BCUT2D eigenvalue weighted by Crippen LogP contribution is 2.47. The average molecular weight is 428 g/mol. The molecule has 12 heteroatoms. The van der Waals surface area contributed by atoms with E-state index in [2.05, 4.69) is 20.4 Å². The van der Waals surface area contributed by atoms with Crippen LogP contribution in [-0.2, 0) is 10.3 Å². The molecule has 0 aliphatic carbocycles. The molecule has 2 aliphatic heterocycles. The van der Waals surface area contributed by atoms with Gasteiger partial charge < -0.3 is 15.8 Å². The van der Waals surface area contributed by atoms with Crippen molar-refractivity contribution in [1.82, 2.24) is 14.8 Å². The minimum Gasteiger partial charge on any atom is -0.379 e. The summed E-state index contributed by atoms with van der Waals surface area (Å²) in [7, 11) is 0. The number of nitrogens with zero attached hydrogens (tertiary/aromatic N) is 4. The lowest BCUT2D eigenvalue weighted by molar-refractivity contribution is -0.0466. The fraction of sp³-hybridized carbons (Fsp3) is 0.500. The number of carbonyl (C=O) groups is 1. The van der Waals surface area contributed by atoms with E-state index in [1.54, 1.807) is 5.38 Å². The molecule has 2 aromatic heterocycles. The first-order valence-corrected chi connectivity index (χ1v) is 10.4. The topological polar surface area (TPSA) is 107 Å². The van der Waals surface area contributed by atoms with Crippen molar-refractivity contribution in [2.24, 2.45) is 16.6 Å². The fourth-order valence-corrected chi connectivity index (χ4v) is 5.33. The van der Waals surface area contributed by atoms with Crippen molar-refractivity contribution < 1.29 is 18.3 Å². The minimum atomic E-state index is -2.80. The predicted octanol–water partition coefficient (Wildman–Crippen LogP) is 2.67. The van der Waals surface area contributed by atoms with Gasteiger partial charge in [0.2, 0.25) is 0 Å². The van der Waals surface area contributed by atoms with Gasteiger partial charge in [-0.3, -0.25) is 4.79 Å². The van der Waals surface area contributed by atoms with Crippen LogP contribution in [0.25, 0.3) is 0 Å². The molecule has 8 nitrogen and oxygen atoms in total. The van der Waals surface area contributed by atoms with Gasteiger partial charge in [0.1, 0.15) is 16.4 Å². The van der Waals surface area contributed by atoms with Gasteiger partial charge >= 0.3 is 6.55 Å². The number of aromatic nitrogens is 3. The average Bonchev–Trinajstić information content (AvgIpc) is 3.32. The summed E-state index contributed by atoms with van der Waals surface area (Å²) < 4.78 is 31.5. The molecule has 0 saturated carbocycles. The van der Waals surface area contributed by atoms with Crippen LogP contribution in [0.5, 0.6) is 0 Å². The van der Waals surface area contributed by atoms with E-state index in [4.69, 9.17) is 10.5 Å². The summed E-state index contributed by atoms with van der Waals surface area (Å²) in [6.07, 6.45) is 3.06. The van der Waals surface area contributed by atoms with Gasteiger partial charge in [0.15, 0.2) is 5.17 Å². The van der Waals surface area contributed by atoms with Gasteiger partial charge in [-0.2, -0.15) is 13.9 Å². The monoisotopic (exact) mass is 428 g/mol. The molecule has 150 valence electrons. The van der Waals surface area contributed by atoms with Crippen LogP contribution < -0.4 is 11.1 Å². The number of ether oxygens (including phenoxy) is 1. The van der Waals surface area contributed by atoms with E-state index in [1.807, 2.05) is 6.92 Å². The number of amides is 1. The number of fused-ring (bicyclic) bond motifs is 1. The van der Waals surface area contributed by atoms with Gasteiger partial charge in [-0.1, -0.05) is 11.8 Å². The summed E-state index contributed by atoms with van der Waals surface area (Å²) in [5, 5.41) is 8.99. The largest absolute Gasteiger partial charge is 0.379 e. The van der Waals surface area contributed by atoms with Crippen LogP contribution in [0, 0.1) is 5.92 Å². The Kier molecular flexibility index (Phi) is 5.10. The van der Waals surface area contributed by atoms with Crippen LogP contribution in [0.2, 0.25) is 0 Å². The molecule has 1 saturated heterocycles. The van der Waals surface area contributed by atoms with Crippen LogP contribution in [-0.4, -0.2) is 44.3 Å². The highest BCUT2D eigenvalue weighted by Gasteiger charge is 2.49. The molecule has 0 radical (unpaired) electrons. The molecule has 28 heavy (non-hydrogen) atoms. The number of thioether (sulfide) groups is 1. The number of hydrogen-bond donors (Lipinski definition) is 2. The molecule has 3 N–H and O–H groups in total. The third kappa shape index (κ3) is 3.51. The zero-order valence-electron chi connectivity index (χ0n) is 14.8. The number of thiazole rings is 1. The Morgan fingerprint density at radius 1 is 1.54 bits per heavy atom. The number of aliphatic imine (C=N–C) groups is 1. The van der Waals surface area contributed by atoms with Gasteiger partial charge in [-0.25, -0.2) is 14.7 Å². The molecular formula is C16H18F2N6O2S2. The minimum absolute atomic E-state index is 0.0250. The third-order valence-corrected chi connectivity index (χ3v) is 6.77. The maximum Gasteiger partial charge on any atom is 0.333 e. The molecule has 0 spiro atoms. The Balaban J connectivity index is 1.56. The van der Waals surface area contributed by atoms with Crippen LogP contribution in [0.1, 0.15) is 35.3 Å². The van der Waals surface area contributed by atoms with Gasteiger partial charge in [0.05, 0.1) is 24.5 Å². The van der Waals surface area contributed by atoms with Gasteiger partial charge in [-0.15, -0.1) is 11.3 Å². The van der Waals surface area contributed by atoms with Crippen molar-refractivity contribution in [2.75, 3.05) is 17.7 Å². The summed E-state index contributed by atoms with van der Waals surface area (Å²) in [4.78, 5) is 21.5. The summed E-state index contributed by atoms with van der Waals surface area (Å²) in [5.41, 5.74) is 5.35. The number of rotatable bonds is 4. The maximum atomic E-state index is 12.6. The Bertz CT molecular complexity index is 917. The third-order valence-electron chi connectivity index (χ3n) is 4.80. The highest BCUT2D eigenvalue weighted by molar-refractivity contribution is 8.13. The lowest BCUT2D eigenvalue weighted by atomic mass is 9.80. The molecule has 4 heterocycles. The standard InChI is InChI=1S/C16H18F2N6O2S2/c1-8-2-10-5-28-15(19)23-16(10,7-26-8)13-22-11(6-27-13)21-12(25)9-3-20-24(4-9)14(17)18/h3-4,6,8,10,14H,2,5,7H2,1H3,(H2,19,23)(H,21,25). The Labute approximate surface area is 167 Å². The lowest BCUT2D eigenvalue weighted by Gasteiger charge is -2.44. The fourth-order valence-electron chi connectivity index (χ4n) is 3.36. The zero-order valence-corrected chi connectivity index (χ0v) is 16.5. The van der Waals surface area contributed by atoms with E-state index >= 15 is 0 Å². The van der Waals surface area contributed by atoms with Crippen LogP contribution in [0.15, 0.2) is 22.8 Å². The summed E-state index contributed by atoms with van der Waals surface area (Å²) in [6.45, 7) is -0.393. The molecule has 2 aliphatic rings. The number of carbonyl (C=O) groups excluding carboxylic acids is 1. The number of alkyl halides is 2. The first-order chi connectivity index (χ1) is 13.4. The van der Waals surface area contributed by atoms with E-state index in [1.165, 1.54) is 23.1 Å². The quantitative estimate of drug-likeness (QED) is 0.775. The summed E-state index contributed by atoms with van der Waals surface area (Å²) >= 11 is 2.89. The Hall–Kier alpha value is -2.05. The van der Waals surface area contributed by atoms with Crippen molar-refractivity contribution >= 4 is 40.0 Å². The van der Waals surface area contributed by atoms with Gasteiger partial charge in [-0.05, 0) is 13.3 Å². The second-order valence-electron chi connectivity index (χ2n) is 6.72. The van der Waals surface area contributed by atoms with Crippen molar-refractivity contribution in [3.8, 4) is 0 Å². The van der Waals surface area contributed by atoms with E-state index in [0.717, 1.165) is 24.6 Å². The number of halogens is 2. The molecule has 1 fully saturated rings. The highest BCUT2D eigenvalue weighted by atomic mass is 32.2. The van der Waals surface area contributed by atoms with E-state index < -0.39 is 18.0 Å². The number of nitrogens with two attached hydrogens (primary N) is 1. The van der Waals surface area contributed by atoms with Crippen LogP contribution in [0.4, 0.5) is 14.6 Å². The predicted molar refractivity (Wildman–Crippen MR) is 103 cm³/mol. The smallest absolute Gasteiger partial charge is 0.333 e. The van der Waals surface area contributed by atoms with E-state index in [9.17, 15) is 13.6 Å². The molecular weight excluding hydrogens is 410 g/mol.